The van der Waals surface area contributed by atoms with Gasteiger partial charge in [-0.3, -0.25) is 9.80 Å². The summed E-state index contributed by atoms with van der Waals surface area (Å²) in [7, 11) is -3.53. The first-order valence-electron chi connectivity index (χ1n) is 8.32. The Morgan fingerprint density at radius 3 is 1.75 bits per heavy atom. The molecule has 0 saturated carbocycles. The highest BCUT2D eigenvalue weighted by molar-refractivity contribution is 7.89. The lowest BCUT2D eigenvalue weighted by Crippen LogP contribution is -2.51. The maximum absolute atomic E-state index is 13.1. The van der Waals surface area contributed by atoms with Crippen LogP contribution in [0, 0.1) is 0 Å². The standard InChI is InChI=1S/C16H25N3O4S/c20-24(21,16-4-2-1-3-5-16)19(14-17-6-10-22-11-7-17)15-18-8-12-23-13-9-18/h1-5H,6-15H2. The summed E-state index contributed by atoms with van der Waals surface area (Å²) >= 11 is 0. The summed E-state index contributed by atoms with van der Waals surface area (Å²) in [6.45, 7) is 6.39. The van der Waals surface area contributed by atoms with Crippen molar-refractivity contribution in [2.45, 2.75) is 4.90 Å². The van der Waals surface area contributed by atoms with Crippen LogP contribution in [-0.4, -0.2) is 88.5 Å². The third kappa shape index (κ3) is 4.53. The normalized spacial score (nSPS) is 21.2. The molecular weight excluding hydrogens is 330 g/mol. The number of hydrogen-bond acceptors (Lipinski definition) is 6. The van der Waals surface area contributed by atoms with Gasteiger partial charge in [-0.1, -0.05) is 18.2 Å². The molecule has 0 unspecified atom stereocenters. The molecule has 7 nitrogen and oxygen atoms in total. The Labute approximate surface area is 143 Å². The van der Waals surface area contributed by atoms with Crippen LogP contribution in [0.3, 0.4) is 0 Å². The second-order valence-corrected chi connectivity index (χ2v) is 7.95. The van der Waals surface area contributed by atoms with Gasteiger partial charge in [0.1, 0.15) is 0 Å². The van der Waals surface area contributed by atoms with Gasteiger partial charge in [-0.2, -0.15) is 4.31 Å². The van der Waals surface area contributed by atoms with Crippen LogP contribution in [-0.2, 0) is 19.5 Å². The number of rotatable bonds is 6. The maximum Gasteiger partial charge on any atom is 0.245 e. The van der Waals surface area contributed by atoms with E-state index >= 15 is 0 Å². The molecular formula is C16H25N3O4S. The van der Waals surface area contributed by atoms with Gasteiger partial charge in [0, 0.05) is 26.2 Å². The fourth-order valence-electron chi connectivity index (χ4n) is 2.87. The lowest BCUT2D eigenvalue weighted by molar-refractivity contribution is -0.00226. The predicted octanol–water partition coefficient (Wildman–Crippen LogP) is 0.257. The molecule has 24 heavy (non-hydrogen) atoms. The third-order valence-electron chi connectivity index (χ3n) is 4.30. The fourth-order valence-corrected chi connectivity index (χ4v) is 4.30. The average molecular weight is 355 g/mol. The molecule has 0 N–H and O–H groups in total. The van der Waals surface area contributed by atoms with E-state index in [1.54, 1.807) is 28.6 Å². The van der Waals surface area contributed by atoms with Gasteiger partial charge in [0.15, 0.2) is 0 Å². The van der Waals surface area contributed by atoms with Crippen molar-refractivity contribution in [3.63, 3.8) is 0 Å². The highest BCUT2D eigenvalue weighted by Gasteiger charge is 2.29. The highest BCUT2D eigenvalue weighted by atomic mass is 32.2. The predicted molar refractivity (Wildman–Crippen MR) is 90.0 cm³/mol. The lowest BCUT2D eigenvalue weighted by Gasteiger charge is -2.36. The van der Waals surface area contributed by atoms with Crippen molar-refractivity contribution in [1.82, 2.24) is 14.1 Å². The molecule has 2 saturated heterocycles. The number of morpholine rings is 2. The van der Waals surface area contributed by atoms with Gasteiger partial charge in [0.25, 0.3) is 0 Å². The summed E-state index contributed by atoms with van der Waals surface area (Å²) in [5.41, 5.74) is 0. The van der Waals surface area contributed by atoms with Crippen molar-refractivity contribution in [3.8, 4) is 0 Å². The summed E-state index contributed by atoms with van der Waals surface area (Å²) in [5, 5.41) is 0. The molecule has 0 aliphatic carbocycles. The van der Waals surface area contributed by atoms with E-state index in [4.69, 9.17) is 9.47 Å². The van der Waals surface area contributed by atoms with Gasteiger partial charge < -0.3 is 9.47 Å². The maximum atomic E-state index is 13.1. The van der Waals surface area contributed by atoms with Crippen molar-refractivity contribution >= 4 is 10.0 Å². The summed E-state index contributed by atoms with van der Waals surface area (Å²) in [6.07, 6.45) is 0. The fraction of sp³-hybridized carbons (Fsp3) is 0.625. The number of benzene rings is 1. The Hall–Kier alpha value is -1.03. The molecule has 0 spiro atoms. The van der Waals surface area contributed by atoms with Gasteiger partial charge in [0.05, 0.1) is 44.7 Å². The van der Waals surface area contributed by atoms with Crippen molar-refractivity contribution < 1.29 is 17.9 Å². The van der Waals surface area contributed by atoms with E-state index in [0.717, 1.165) is 26.2 Å². The second kappa shape index (κ2) is 8.37. The lowest BCUT2D eigenvalue weighted by atomic mass is 10.4. The van der Waals surface area contributed by atoms with Crippen LogP contribution in [0.4, 0.5) is 0 Å². The minimum atomic E-state index is -3.53. The molecule has 0 bridgehead atoms. The summed E-state index contributed by atoms with van der Waals surface area (Å²) in [5.74, 6) is 0. The van der Waals surface area contributed by atoms with Crippen LogP contribution < -0.4 is 0 Å². The van der Waals surface area contributed by atoms with Crippen molar-refractivity contribution in [2.24, 2.45) is 0 Å². The minimum Gasteiger partial charge on any atom is -0.379 e. The number of hydrogen-bond donors (Lipinski definition) is 0. The SMILES string of the molecule is O=S(=O)(c1ccccc1)N(CN1CCOCC1)CN1CCOCC1. The van der Waals surface area contributed by atoms with Crippen molar-refractivity contribution in [2.75, 3.05) is 65.9 Å². The Morgan fingerprint density at radius 1 is 0.833 bits per heavy atom. The van der Waals surface area contributed by atoms with Gasteiger partial charge in [-0.15, -0.1) is 0 Å². The summed E-state index contributed by atoms with van der Waals surface area (Å²) < 4.78 is 38.5. The molecule has 1 aromatic carbocycles. The molecule has 8 heteroatoms. The molecule has 134 valence electrons. The average Bonchev–Trinajstić information content (AvgIpc) is 2.64. The molecule has 2 heterocycles. The summed E-state index contributed by atoms with van der Waals surface area (Å²) in [4.78, 5) is 4.60. The van der Waals surface area contributed by atoms with Gasteiger partial charge in [-0.25, -0.2) is 8.42 Å². The van der Waals surface area contributed by atoms with Crippen LogP contribution in [0.1, 0.15) is 0 Å². The van der Waals surface area contributed by atoms with Gasteiger partial charge in [-0.05, 0) is 12.1 Å². The molecule has 0 aromatic heterocycles. The van der Waals surface area contributed by atoms with Crippen LogP contribution in [0.15, 0.2) is 35.2 Å². The zero-order valence-corrected chi connectivity index (χ0v) is 14.7. The van der Waals surface area contributed by atoms with E-state index in [-0.39, 0.29) is 0 Å². The zero-order chi connectivity index (χ0) is 16.8. The van der Waals surface area contributed by atoms with Crippen LogP contribution in [0.25, 0.3) is 0 Å². The Balaban J connectivity index is 1.77. The van der Waals surface area contributed by atoms with Crippen LogP contribution in [0.5, 0.6) is 0 Å². The van der Waals surface area contributed by atoms with Crippen LogP contribution >= 0.6 is 0 Å². The molecule has 1 aromatic rings. The van der Waals surface area contributed by atoms with E-state index in [1.807, 2.05) is 6.07 Å². The topological polar surface area (TPSA) is 62.3 Å². The minimum absolute atomic E-state index is 0.339. The molecule has 2 fully saturated rings. The molecule has 2 aliphatic heterocycles. The van der Waals surface area contributed by atoms with Crippen LogP contribution in [0.2, 0.25) is 0 Å². The largest absolute Gasteiger partial charge is 0.379 e. The highest BCUT2D eigenvalue weighted by Crippen LogP contribution is 2.17. The van der Waals surface area contributed by atoms with Gasteiger partial charge >= 0.3 is 0 Å². The molecule has 0 radical (unpaired) electrons. The van der Waals surface area contributed by atoms with E-state index < -0.39 is 10.0 Å². The first-order chi connectivity index (χ1) is 11.7. The van der Waals surface area contributed by atoms with E-state index in [1.165, 1.54) is 0 Å². The quantitative estimate of drug-likeness (QED) is 0.729. The Kier molecular flexibility index (Phi) is 6.20. The van der Waals surface area contributed by atoms with E-state index in [2.05, 4.69) is 9.80 Å². The summed E-state index contributed by atoms with van der Waals surface area (Å²) in [6, 6.07) is 8.65. The second-order valence-electron chi connectivity index (χ2n) is 6.01. The number of sulfonamides is 1. The first kappa shape index (κ1) is 17.8. The van der Waals surface area contributed by atoms with Crippen molar-refractivity contribution in [3.05, 3.63) is 30.3 Å². The number of nitrogens with zero attached hydrogens (tertiary/aromatic N) is 3. The van der Waals surface area contributed by atoms with Crippen molar-refractivity contribution in [1.29, 1.82) is 0 Å². The number of ether oxygens (including phenoxy) is 2. The van der Waals surface area contributed by atoms with Gasteiger partial charge in [0.2, 0.25) is 10.0 Å². The molecule has 3 rings (SSSR count). The molecule has 0 amide bonds. The molecule has 0 atom stereocenters. The van der Waals surface area contributed by atoms with E-state index in [0.29, 0.717) is 44.7 Å². The van der Waals surface area contributed by atoms with E-state index in [9.17, 15) is 8.42 Å². The Bertz CT molecular complexity index is 579. The monoisotopic (exact) mass is 355 g/mol. The third-order valence-corrected chi connectivity index (χ3v) is 6.08. The first-order valence-corrected chi connectivity index (χ1v) is 9.76. The zero-order valence-electron chi connectivity index (χ0n) is 13.8. The smallest absolute Gasteiger partial charge is 0.245 e. The molecule has 2 aliphatic rings. The Morgan fingerprint density at radius 2 is 1.29 bits per heavy atom.